The number of sulfonamides is 1. The smallest absolute Gasteiger partial charge is 0.242 e. The molecule has 0 aromatic heterocycles. The molecule has 0 spiro atoms. The van der Waals surface area contributed by atoms with Crippen LogP contribution in [0.5, 0.6) is 5.75 Å². The fourth-order valence-electron chi connectivity index (χ4n) is 3.70. The molecule has 2 amide bonds. The van der Waals surface area contributed by atoms with Gasteiger partial charge in [-0.25, -0.2) is 8.42 Å². The van der Waals surface area contributed by atoms with Crippen LogP contribution in [0.15, 0.2) is 48.5 Å². The fraction of sp³-hybridized carbons (Fsp3) is 0.462. The Morgan fingerprint density at radius 3 is 2.39 bits per heavy atom. The quantitative estimate of drug-likeness (QED) is 0.364. The Balaban J connectivity index is 2.14. The molecular weight excluding hydrogens is 502 g/mol. The van der Waals surface area contributed by atoms with Crippen LogP contribution in [0.1, 0.15) is 45.1 Å². The molecule has 8 nitrogen and oxygen atoms in total. The molecule has 0 unspecified atom stereocenters. The third-order valence-corrected chi connectivity index (χ3v) is 7.18. The first-order chi connectivity index (χ1) is 17.1. The van der Waals surface area contributed by atoms with Crippen LogP contribution >= 0.6 is 11.6 Å². The van der Waals surface area contributed by atoms with Crippen LogP contribution in [-0.4, -0.2) is 57.6 Å². The molecule has 2 rings (SSSR count). The Hall–Kier alpha value is -2.78. The van der Waals surface area contributed by atoms with Gasteiger partial charge in [-0.1, -0.05) is 37.1 Å². The minimum Gasteiger partial charge on any atom is -0.497 e. The summed E-state index contributed by atoms with van der Waals surface area (Å²) < 4.78 is 31.3. The van der Waals surface area contributed by atoms with Crippen LogP contribution in [0.3, 0.4) is 0 Å². The van der Waals surface area contributed by atoms with Crippen LogP contribution < -0.4 is 14.4 Å². The molecule has 0 aliphatic heterocycles. The molecule has 0 saturated heterocycles. The van der Waals surface area contributed by atoms with E-state index >= 15 is 0 Å². The number of amides is 2. The lowest BCUT2D eigenvalue weighted by Gasteiger charge is -2.29. The standard InChI is InChI=1S/C26H36ClN3O5S/c1-5-6-16-28-26(32)20(2)29(19-21-9-7-10-22(27)18-21)25(31)11-8-17-30(36(4,33)34)23-12-14-24(35-3)15-13-23/h7,9-10,12-15,18,20H,5-6,8,11,16-17,19H2,1-4H3,(H,28,32)/t20-/m1/s1. The van der Waals surface area contributed by atoms with E-state index in [2.05, 4.69) is 5.32 Å². The summed E-state index contributed by atoms with van der Waals surface area (Å²) in [5.41, 5.74) is 1.30. The number of carbonyl (C=O) groups excluding carboxylic acids is 2. The Morgan fingerprint density at radius 2 is 1.81 bits per heavy atom. The van der Waals surface area contributed by atoms with Crippen LogP contribution in [0.4, 0.5) is 5.69 Å². The molecule has 0 radical (unpaired) electrons. The van der Waals surface area contributed by atoms with E-state index in [0.717, 1.165) is 24.7 Å². The zero-order valence-corrected chi connectivity index (χ0v) is 22.9. The first kappa shape index (κ1) is 29.5. The zero-order valence-electron chi connectivity index (χ0n) is 21.4. The molecule has 1 N–H and O–H groups in total. The first-order valence-corrected chi connectivity index (χ1v) is 14.2. The lowest BCUT2D eigenvalue weighted by molar-refractivity contribution is -0.140. The normalized spacial score (nSPS) is 12.0. The van der Waals surface area contributed by atoms with E-state index in [0.29, 0.717) is 23.0 Å². The van der Waals surface area contributed by atoms with E-state index in [-0.39, 0.29) is 37.7 Å². The highest BCUT2D eigenvalue weighted by Crippen LogP contribution is 2.22. The van der Waals surface area contributed by atoms with E-state index in [1.165, 1.54) is 16.3 Å². The number of rotatable bonds is 14. The molecule has 2 aromatic carbocycles. The third-order valence-electron chi connectivity index (χ3n) is 5.75. The average molecular weight is 538 g/mol. The topological polar surface area (TPSA) is 96.0 Å². The molecule has 0 fully saturated rings. The van der Waals surface area contributed by atoms with E-state index in [1.807, 2.05) is 13.0 Å². The number of halogens is 1. The number of hydrogen-bond acceptors (Lipinski definition) is 5. The van der Waals surface area contributed by atoms with Gasteiger partial charge in [-0.05, 0) is 61.7 Å². The SMILES string of the molecule is CCCCNC(=O)[C@@H](C)N(Cc1cccc(Cl)c1)C(=O)CCCN(c1ccc(OC)cc1)S(C)(=O)=O. The predicted octanol–water partition coefficient (Wildman–Crippen LogP) is 4.23. The van der Waals surface area contributed by atoms with Crippen molar-refractivity contribution < 1.29 is 22.7 Å². The van der Waals surface area contributed by atoms with Gasteiger partial charge in [-0.2, -0.15) is 0 Å². The zero-order chi connectivity index (χ0) is 26.7. The second-order valence-corrected chi connectivity index (χ2v) is 11.0. The molecule has 1 atom stereocenters. The van der Waals surface area contributed by atoms with Gasteiger partial charge < -0.3 is 15.0 Å². The Morgan fingerprint density at radius 1 is 1.11 bits per heavy atom. The van der Waals surface area contributed by atoms with Crippen molar-refractivity contribution >= 4 is 39.1 Å². The molecule has 36 heavy (non-hydrogen) atoms. The minimum absolute atomic E-state index is 0.0787. The number of unbranched alkanes of at least 4 members (excludes halogenated alkanes) is 1. The average Bonchev–Trinajstić information content (AvgIpc) is 2.84. The van der Waals surface area contributed by atoms with Crippen molar-refractivity contribution in [3.05, 3.63) is 59.1 Å². The molecule has 0 saturated carbocycles. The molecule has 198 valence electrons. The van der Waals surface area contributed by atoms with Gasteiger partial charge in [0.05, 0.1) is 19.1 Å². The van der Waals surface area contributed by atoms with Gasteiger partial charge in [0.25, 0.3) is 0 Å². The summed E-state index contributed by atoms with van der Waals surface area (Å²) in [4.78, 5) is 27.5. The monoisotopic (exact) mass is 537 g/mol. The number of ether oxygens (including phenoxy) is 1. The van der Waals surface area contributed by atoms with Crippen LogP contribution in [0, 0.1) is 0 Å². The van der Waals surface area contributed by atoms with Crippen molar-refractivity contribution in [1.82, 2.24) is 10.2 Å². The van der Waals surface area contributed by atoms with Crippen molar-refractivity contribution in [3.63, 3.8) is 0 Å². The van der Waals surface area contributed by atoms with Crippen molar-refractivity contribution in [2.24, 2.45) is 0 Å². The molecule has 0 bridgehead atoms. The summed E-state index contributed by atoms with van der Waals surface area (Å²) in [5, 5.41) is 3.43. The maximum Gasteiger partial charge on any atom is 0.242 e. The van der Waals surface area contributed by atoms with E-state index in [1.54, 1.807) is 49.4 Å². The predicted molar refractivity (Wildman–Crippen MR) is 144 cm³/mol. The second-order valence-electron chi connectivity index (χ2n) is 8.61. The molecule has 10 heteroatoms. The summed E-state index contributed by atoms with van der Waals surface area (Å²) in [6.07, 6.45) is 3.30. The highest BCUT2D eigenvalue weighted by molar-refractivity contribution is 7.92. The maximum absolute atomic E-state index is 13.3. The van der Waals surface area contributed by atoms with Crippen molar-refractivity contribution in [2.45, 2.75) is 52.1 Å². The maximum atomic E-state index is 13.3. The molecule has 2 aromatic rings. The van der Waals surface area contributed by atoms with Crippen LogP contribution in [0.2, 0.25) is 5.02 Å². The number of nitrogens with zero attached hydrogens (tertiary/aromatic N) is 2. The van der Waals surface area contributed by atoms with Crippen molar-refractivity contribution in [3.8, 4) is 5.75 Å². The summed E-state index contributed by atoms with van der Waals surface area (Å²) in [6, 6.07) is 13.2. The number of anilines is 1. The lowest BCUT2D eigenvalue weighted by atomic mass is 10.1. The second kappa shape index (κ2) is 14.1. The minimum atomic E-state index is -3.56. The number of nitrogens with one attached hydrogen (secondary N) is 1. The van der Waals surface area contributed by atoms with Crippen molar-refractivity contribution in [2.75, 3.05) is 30.8 Å². The van der Waals surface area contributed by atoms with E-state index < -0.39 is 16.1 Å². The summed E-state index contributed by atoms with van der Waals surface area (Å²) in [7, 11) is -2.03. The molecule has 0 aliphatic carbocycles. The van der Waals surface area contributed by atoms with Gasteiger partial charge in [0.1, 0.15) is 11.8 Å². The third kappa shape index (κ3) is 9.02. The van der Waals surface area contributed by atoms with Gasteiger partial charge in [0.15, 0.2) is 0 Å². The van der Waals surface area contributed by atoms with Gasteiger partial charge in [0, 0.05) is 31.1 Å². The summed E-state index contributed by atoms with van der Waals surface area (Å²) in [5.74, 6) is 0.149. The fourth-order valence-corrected chi connectivity index (χ4v) is 4.88. The molecule has 0 heterocycles. The van der Waals surface area contributed by atoms with Crippen LogP contribution in [-0.2, 0) is 26.2 Å². The van der Waals surface area contributed by atoms with Gasteiger partial charge in [0.2, 0.25) is 21.8 Å². The van der Waals surface area contributed by atoms with Crippen molar-refractivity contribution in [1.29, 1.82) is 0 Å². The first-order valence-electron chi connectivity index (χ1n) is 12.0. The van der Waals surface area contributed by atoms with Gasteiger partial charge in [-0.3, -0.25) is 13.9 Å². The van der Waals surface area contributed by atoms with Gasteiger partial charge in [-0.15, -0.1) is 0 Å². The summed E-state index contributed by atoms with van der Waals surface area (Å²) in [6.45, 7) is 4.62. The molecular formula is C26H36ClN3O5S. The Kier molecular flexibility index (Phi) is 11.5. The highest BCUT2D eigenvalue weighted by atomic mass is 35.5. The Labute approximate surface area is 219 Å². The number of benzene rings is 2. The molecule has 0 aliphatic rings. The highest BCUT2D eigenvalue weighted by Gasteiger charge is 2.26. The Bertz CT molecular complexity index is 1110. The van der Waals surface area contributed by atoms with E-state index in [4.69, 9.17) is 16.3 Å². The van der Waals surface area contributed by atoms with Crippen LogP contribution in [0.25, 0.3) is 0 Å². The number of carbonyl (C=O) groups is 2. The van der Waals surface area contributed by atoms with E-state index in [9.17, 15) is 18.0 Å². The number of hydrogen-bond donors (Lipinski definition) is 1. The summed E-state index contributed by atoms with van der Waals surface area (Å²) >= 11 is 6.12. The lowest BCUT2D eigenvalue weighted by Crippen LogP contribution is -2.48. The largest absolute Gasteiger partial charge is 0.497 e. The van der Waals surface area contributed by atoms with Gasteiger partial charge >= 0.3 is 0 Å². The number of methoxy groups -OCH3 is 1.